The zero-order chi connectivity index (χ0) is 9.35. The molecule has 0 radical (unpaired) electrons. The summed E-state index contributed by atoms with van der Waals surface area (Å²) in [6.07, 6.45) is 0.566. The third kappa shape index (κ3) is 1.64. The van der Waals surface area contributed by atoms with Crippen LogP contribution in [0, 0.1) is 5.92 Å². The lowest BCUT2D eigenvalue weighted by Gasteiger charge is -2.20. The van der Waals surface area contributed by atoms with E-state index in [9.17, 15) is 8.42 Å². The highest BCUT2D eigenvalue weighted by Crippen LogP contribution is 2.28. The Morgan fingerprint density at radius 3 is 2.33 bits per heavy atom. The minimum absolute atomic E-state index is 0.0880. The van der Waals surface area contributed by atoms with Crippen LogP contribution in [0.2, 0.25) is 0 Å². The van der Waals surface area contributed by atoms with Crippen LogP contribution in [-0.2, 0) is 14.6 Å². The maximum atomic E-state index is 11.5. The number of hydrogen-bond acceptors (Lipinski definition) is 3. The topological polar surface area (TPSA) is 43.4 Å². The molecule has 4 heteroatoms. The molecule has 12 heavy (non-hydrogen) atoms. The molecular formula is C8H16O3S. The molecule has 1 heterocycles. The highest BCUT2D eigenvalue weighted by atomic mass is 32.2. The van der Waals surface area contributed by atoms with Crippen LogP contribution in [0.25, 0.3) is 0 Å². The third-order valence-electron chi connectivity index (χ3n) is 2.43. The molecule has 1 saturated heterocycles. The summed E-state index contributed by atoms with van der Waals surface area (Å²) in [4.78, 5) is 0. The van der Waals surface area contributed by atoms with Crippen LogP contribution in [-0.4, -0.2) is 32.6 Å². The summed E-state index contributed by atoms with van der Waals surface area (Å²) in [7, 11) is -1.29. The van der Waals surface area contributed by atoms with Gasteiger partial charge >= 0.3 is 0 Å². The van der Waals surface area contributed by atoms with E-state index in [4.69, 9.17) is 4.74 Å². The van der Waals surface area contributed by atoms with E-state index in [1.54, 1.807) is 7.11 Å². The summed E-state index contributed by atoms with van der Waals surface area (Å²) in [6.45, 7) is 3.86. The van der Waals surface area contributed by atoms with Crippen molar-refractivity contribution in [2.45, 2.75) is 31.6 Å². The number of rotatable bonds is 2. The van der Waals surface area contributed by atoms with E-state index in [-0.39, 0.29) is 23.0 Å². The van der Waals surface area contributed by atoms with E-state index in [2.05, 4.69) is 0 Å². The first-order valence-electron chi connectivity index (χ1n) is 4.23. The standard InChI is InChI=1S/C8H16O3S/c1-6(2)8-7(11-3)4-5-12(8,9)10/h6-8H,4-5H2,1-3H3/t7?,8-/m0/s1. The predicted molar refractivity (Wildman–Crippen MR) is 47.8 cm³/mol. The van der Waals surface area contributed by atoms with Gasteiger partial charge in [-0.1, -0.05) is 13.8 Å². The summed E-state index contributed by atoms with van der Waals surface area (Å²) in [5.41, 5.74) is 0. The summed E-state index contributed by atoms with van der Waals surface area (Å²) in [6, 6.07) is 0. The zero-order valence-electron chi connectivity index (χ0n) is 7.78. The van der Waals surface area contributed by atoms with E-state index in [1.807, 2.05) is 13.8 Å². The van der Waals surface area contributed by atoms with Gasteiger partial charge in [-0.15, -0.1) is 0 Å². The van der Waals surface area contributed by atoms with Crippen molar-refractivity contribution >= 4 is 9.84 Å². The highest BCUT2D eigenvalue weighted by molar-refractivity contribution is 7.92. The van der Waals surface area contributed by atoms with Crippen molar-refractivity contribution in [1.82, 2.24) is 0 Å². The second-order valence-electron chi connectivity index (χ2n) is 3.64. The predicted octanol–water partition coefficient (Wildman–Crippen LogP) is 0.845. The minimum atomic E-state index is -2.87. The van der Waals surface area contributed by atoms with Gasteiger partial charge in [0.15, 0.2) is 9.84 Å². The molecular weight excluding hydrogens is 176 g/mol. The zero-order valence-corrected chi connectivity index (χ0v) is 8.60. The van der Waals surface area contributed by atoms with Crippen LogP contribution >= 0.6 is 0 Å². The molecule has 0 aliphatic carbocycles. The summed E-state index contributed by atoms with van der Waals surface area (Å²) >= 11 is 0. The van der Waals surface area contributed by atoms with Crippen LogP contribution < -0.4 is 0 Å². The van der Waals surface area contributed by atoms with Crippen molar-refractivity contribution < 1.29 is 13.2 Å². The lowest BCUT2D eigenvalue weighted by atomic mass is 10.0. The Morgan fingerprint density at radius 1 is 1.42 bits per heavy atom. The van der Waals surface area contributed by atoms with Crippen LogP contribution in [0.4, 0.5) is 0 Å². The van der Waals surface area contributed by atoms with E-state index < -0.39 is 9.84 Å². The lowest BCUT2D eigenvalue weighted by molar-refractivity contribution is 0.0930. The van der Waals surface area contributed by atoms with Crippen molar-refractivity contribution in [3.8, 4) is 0 Å². The van der Waals surface area contributed by atoms with Crippen LogP contribution in [0.3, 0.4) is 0 Å². The average molecular weight is 192 g/mol. The normalized spacial score (nSPS) is 34.3. The Bertz CT molecular complexity index is 243. The molecule has 0 aromatic heterocycles. The van der Waals surface area contributed by atoms with E-state index in [0.29, 0.717) is 6.42 Å². The number of sulfone groups is 1. The molecule has 0 saturated carbocycles. The molecule has 0 spiro atoms. The Morgan fingerprint density at radius 2 is 2.00 bits per heavy atom. The first-order valence-corrected chi connectivity index (χ1v) is 5.95. The fourth-order valence-corrected chi connectivity index (χ4v) is 4.28. The maximum Gasteiger partial charge on any atom is 0.156 e. The molecule has 0 bridgehead atoms. The second-order valence-corrected chi connectivity index (χ2v) is 5.92. The van der Waals surface area contributed by atoms with Gasteiger partial charge in [0.25, 0.3) is 0 Å². The summed E-state index contributed by atoms with van der Waals surface area (Å²) in [5.74, 6) is 0.441. The lowest BCUT2D eigenvalue weighted by Crippen LogP contribution is -2.32. The molecule has 0 N–H and O–H groups in total. The molecule has 0 aromatic rings. The number of hydrogen-bond donors (Lipinski definition) is 0. The highest BCUT2D eigenvalue weighted by Gasteiger charge is 2.42. The Labute approximate surface area is 74.0 Å². The van der Waals surface area contributed by atoms with Gasteiger partial charge in [-0.2, -0.15) is 0 Å². The van der Waals surface area contributed by atoms with Crippen LogP contribution in [0.15, 0.2) is 0 Å². The van der Waals surface area contributed by atoms with Gasteiger partial charge in [0.05, 0.1) is 17.1 Å². The smallest absolute Gasteiger partial charge is 0.156 e. The van der Waals surface area contributed by atoms with Crippen molar-refractivity contribution in [2.75, 3.05) is 12.9 Å². The van der Waals surface area contributed by atoms with Gasteiger partial charge < -0.3 is 4.74 Å². The quantitative estimate of drug-likeness (QED) is 0.651. The average Bonchev–Trinajstić information content (AvgIpc) is 2.24. The van der Waals surface area contributed by atoms with Gasteiger partial charge in [0, 0.05) is 7.11 Å². The first kappa shape index (κ1) is 9.99. The molecule has 0 amide bonds. The monoisotopic (exact) mass is 192 g/mol. The molecule has 3 nitrogen and oxygen atoms in total. The first-order chi connectivity index (χ1) is 5.49. The third-order valence-corrected chi connectivity index (χ3v) is 4.91. The number of methoxy groups -OCH3 is 1. The minimum Gasteiger partial charge on any atom is -0.380 e. The van der Waals surface area contributed by atoms with E-state index >= 15 is 0 Å². The van der Waals surface area contributed by atoms with Gasteiger partial charge in [0.1, 0.15) is 0 Å². The Kier molecular flexibility index (Phi) is 2.78. The van der Waals surface area contributed by atoms with Gasteiger partial charge in [0.2, 0.25) is 0 Å². The fraction of sp³-hybridized carbons (Fsp3) is 1.00. The number of ether oxygens (including phenoxy) is 1. The van der Waals surface area contributed by atoms with Crippen molar-refractivity contribution in [3.05, 3.63) is 0 Å². The van der Waals surface area contributed by atoms with E-state index in [0.717, 1.165) is 0 Å². The summed E-state index contributed by atoms with van der Waals surface area (Å²) < 4.78 is 28.1. The summed E-state index contributed by atoms with van der Waals surface area (Å²) in [5, 5.41) is -0.289. The molecule has 1 aliphatic heterocycles. The molecule has 1 aliphatic rings. The molecule has 2 atom stereocenters. The fourth-order valence-electron chi connectivity index (χ4n) is 1.91. The molecule has 1 rings (SSSR count). The van der Waals surface area contributed by atoms with Gasteiger partial charge in [-0.3, -0.25) is 0 Å². The van der Waals surface area contributed by atoms with Gasteiger partial charge in [-0.25, -0.2) is 8.42 Å². The molecule has 0 aromatic carbocycles. The molecule has 1 unspecified atom stereocenters. The Balaban J connectivity index is 2.88. The largest absolute Gasteiger partial charge is 0.380 e. The van der Waals surface area contributed by atoms with Crippen molar-refractivity contribution in [3.63, 3.8) is 0 Å². The van der Waals surface area contributed by atoms with Crippen LogP contribution in [0.1, 0.15) is 20.3 Å². The van der Waals surface area contributed by atoms with E-state index in [1.165, 1.54) is 0 Å². The Hall–Kier alpha value is -0.0900. The van der Waals surface area contributed by atoms with Crippen LogP contribution in [0.5, 0.6) is 0 Å². The molecule has 1 fully saturated rings. The SMILES string of the molecule is COC1CCS(=O)(=O)[C@H]1C(C)C. The van der Waals surface area contributed by atoms with Crippen molar-refractivity contribution in [2.24, 2.45) is 5.92 Å². The maximum absolute atomic E-state index is 11.5. The second kappa shape index (κ2) is 3.34. The van der Waals surface area contributed by atoms with Crippen molar-refractivity contribution in [1.29, 1.82) is 0 Å². The van der Waals surface area contributed by atoms with Gasteiger partial charge in [-0.05, 0) is 12.3 Å². The molecule has 72 valence electrons.